The molecule has 4 aromatic rings. The Hall–Kier alpha value is -2.92. The summed E-state index contributed by atoms with van der Waals surface area (Å²) in [4.78, 5) is 18.3. The lowest BCUT2D eigenvalue weighted by molar-refractivity contribution is 0.644. The van der Waals surface area contributed by atoms with Crippen LogP contribution in [-0.2, 0) is 0 Å². The molecule has 1 saturated heterocycles. The van der Waals surface area contributed by atoms with E-state index in [2.05, 4.69) is 38.0 Å². The fourth-order valence-electron chi connectivity index (χ4n) is 3.67. The van der Waals surface area contributed by atoms with Crippen LogP contribution in [0.1, 0.15) is 0 Å². The van der Waals surface area contributed by atoms with E-state index in [0.29, 0.717) is 5.02 Å². The molecule has 5 nitrogen and oxygen atoms in total. The molecule has 0 unspecified atom stereocenters. The third kappa shape index (κ3) is 2.94. The maximum atomic E-state index is 6.32. The van der Waals surface area contributed by atoms with Crippen LogP contribution in [0.25, 0.3) is 21.8 Å². The number of aromatic nitrogens is 3. The maximum Gasteiger partial charge on any atom is 0.140 e. The van der Waals surface area contributed by atoms with Crippen molar-refractivity contribution in [2.24, 2.45) is 0 Å². The van der Waals surface area contributed by atoms with Gasteiger partial charge in [0.25, 0.3) is 0 Å². The van der Waals surface area contributed by atoms with Gasteiger partial charge in [-0.05, 0) is 30.3 Å². The summed E-state index contributed by atoms with van der Waals surface area (Å²) in [7, 11) is 0. The zero-order valence-corrected chi connectivity index (χ0v) is 15.5. The Bertz CT molecular complexity index is 1120. The average molecular weight is 376 g/mol. The van der Waals surface area contributed by atoms with Gasteiger partial charge in [0.1, 0.15) is 18.0 Å². The highest BCUT2D eigenvalue weighted by Crippen LogP contribution is 2.27. The van der Waals surface area contributed by atoms with Crippen molar-refractivity contribution >= 4 is 45.0 Å². The highest BCUT2D eigenvalue weighted by molar-refractivity contribution is 6.35. The zero-order chi connectivity index (χ0) is 18.2. The van der Waals surface area contributed by atoms with Crippen molar-refractivity contribution in [3.8, 4) is 0 Å². The number of hydrogen-bond acceptors (Lipinski definition) is 5. The van der Waals surface area contributed by atoms with Gasteiger partial charge in [-0.1, -0.05) is 35.9 Å². The van der Waals surface area contributed by atoms with Gasteiger partial charge in [0.15, 0.2) is 0 Å². The Labute approximate surface area is 162 Å². The number of rotatable bonds is 2. The van der Waals surface area contributed by atoms with E-state index in [1.165, 1.54) is 0 Å². The van der Waals surface area contributed by atoms with Crippen LogP contribution >= 0.6 is 11.6 Å². The predicted octanol–water partition coefficient (Wildman–Crippen LogP) is 4.16. The third-order valence-electron chi connectivity index (χ3n) is 5.08. The Morgan fingerprint density at radius 3 is 2.48 bits per heavy atom. The molecule has 134 valence electrons. The van der Waals surface area contributed by atoms with Crippen molar-refractivity contribution in [3.63, 3.8) is 0 Å². The third-order valence-corrected chi connectivity index (χ3v) is 5.39. The van der Waals surface area contributed by atoms with E-state index >= 15 is 0 Å². The molecular formula is C21H18ClN5. The highest BCUT2D eigenvalue weighted by Gasteiger charge is 2.21. The molecule has 1 aliphatic rings. The highest BCUT2D eigenvalue weighted by atomic mass is 35.5. The number of benzene rings is 2. The first-order chi connectivity index (χ1) is 13.3. The Morgan fingerprint density at radius 1 is 0.778 bits per heavy atom. The summed E-state index contributed by atoms with van der Waals surface area (Å²) in [5.41, 5.74) is 1.84. The fourth-order valence-corrected chi connectivity index (χ4v) is 3.89. The molecule has 0 atom stereocenters. The molecule has 6 heteroatoms. The second-order valence-electron chi connectivity index (χ2n) is 6.67. The van der Waals surface area contributed by atoms with Crippen molar-refractivity contribution in [3.05, 3.63) is 65.9 Å². The molecule has 3 heterocycles. The molecule has 0 radical (unpaired) electrons. The molecule has 0 saturated carbocycles. The van der Waals surface area contributed by atoms with Gasteiger partial charge in [0.05, 0.1) is 16.1 Å². The summed E-state index contributed by atoms with van der Waals surface area (Å²) in [5.74, 6) is 1.98. The molecule has 2 aromatic heterocycles. The predicted molar refractivity (Wildman–Crippen MR) is 111 cm³/mol. The molecule has 0 amide bonds. The summed E-state index contributed by atoms with van der Waals surface area (Å²) in [6.07, 6.45) is 1.65. The Morgan fingerprint density at radius 2 is 1.59 bits per heavy atom. The van der Waals surface area contributed by atoms with Gasteiger partial charge in [0.2, 0.25) is 0 Å². The standard InChI is InChI=1S/C21H18ClN5/c22-17-6-3-4-15-8-9-19(25-20(15)17)26-10-12-27(13-11-26)21-16-5-1-2-7-18(16)23-14-24-21/h1-9,14H,10-13H2. The fraction of sp³-hybridized carbons (Fsp3) is 0.190. The van der Waals surface area contributed by atoms with Crippen LogP contribution in [0, 0.1) is 0 Å². The minimum Gasteiger partial charge on any atom is -0.353 e. The summed E-state index contributed by atoms with van der Waals surface area (Å²) in [5, 5.41) is 2.86. The van der Waals surface area contributed by atoms with E-state index in [4.69, 9.17) is 16.6 Å². The van der Waals surface area contributed by atoms with Crippen LogP contribution in [0.3, 0.4) is 0 Å². The van der Waals surface area contributed by atoms with Crippen molar-refractivity contribution in [2.45, 2.75) is 0 Å². The van der Waals surface area contributed by atoms with Gasteiger partial charge in [-0.2, -0.15) is 0 Å². The molecule has 0 aliphatic carbocycles. The lowest BCUT2D eigenvalue weighted by atomic mass is 10.2. The van der Waals surface area contributed by atoms with Crippen LogP contribution < -0.4 is 9.80 Å². The van der Waals surface area contributed by atoms with Gasteiger partial charge in [-0.15, -0.1) is 0 Å². The van der Waals surface area contributed by atoms with E-state index in [1.807, 2.05) is 36.4 Å². The largest absolute Gasteiger partial charge is 0.353 e. The molecular weight excluding hydrogens is 358 g/mol. The van der Waals surface area contributed by atoms with Crippen molar-refractivity contribution in [1.29, 1.82) is 0 Å². The number of anilines is 2. The summed E-state index contributed by atoms with van der Waals surface area (Å²) in [6.45, 7) is 3.56. The second kappa shape index (κ2) is 6.67. The first-order valence-electron chi connectivity index (χ1n) is 9.04. The molecule has 0 bridgehead atoms. The van der Waals surface area contributed by atoms with Crippen LogP contribution in [0.5, 0.6) is 0 Å². The van der Waals surface area contributed by atoms with Crippen molar-refractivity contribution in [2.75, 3.05) is 36.0 Å². The van der Waals surface area contributed by atoms with Crippen LogP contribution in [0.15, 0.2) is 60.9 Å². The quantitative estimate of drug-likeness (QED) is 0.526. The van der Waals surface area contributed by atoms with Gasteiger partial charge in [0, 0.05) is 37.0 Å². The van der Waals surface area contributed by atoms with Crippen LogP contribution in [0.2, 0.25) is 5.02 Å². The summed E-state index contributed by atoms with van der Waals surface area (Å²) >= 11 is 6.32. The van der Waals surface area contributed by atoms with Gasteiger partial charge < -0.3 is 9.80 Å². The van der Waals surface area contributed by atoms with E-state index in [0.717, 1.165) is 59.6 Å². The number of pyridine rings is 1. The normalized spacial score (nSPS) is 14.9. The van der Waals surface area contributed by atoms with E-state index in [-0.39, 0.29) is 0 Å². The van der Waals surface area contributed by atoms with Gasteiger partial charge in [-0.25, -0.2) is 15.0 Å². The van der Waals surface area contributed by atoms with E-state index in [1.54, 1.807) is 6.33 Å². The smallest absolute Gasteiger partial charge is 0.140 e. The van der Waals surface area contributed by atoms with E-state index in [9.17, 15) is 0 Å². The van der Waals surface area contributed by atoms with E-state index < -0.39 is 0 Å². The van der Waals surface area contributed by atoms with Crippen molar-refractivity contribution in [1.82, 2.24) is 15.0 Å². The Kier molecular flexibility index (Phi) is 4.02. The molecule has 5 rings (SSSR count). The second-order valence-corrected chi connectivity index (χ2v) is 7.08. The first kappa shape index (κ1) is 16.3. The maximum absolute atomic E-state index is 6.32. The lowest BCUT2D eigenvalue weighted by Crippen LogP contribution is -2.47. The zero-order valence-electron chi connectivity index (χ0n) is 14.7. The topological polar surface area (TPSA) is 45.2 Å². The molecule has 2 aromatic carbocycles. The Balaban J connectivity index is 1.39. The first-order valence-corrected chi connectivity index (χ1v) is 9.42. The number of para-hydroxylation sites is 2. The molecule has 27 heavy (non-hydrogen) atoms. The summed E-state index contributed by atoms with van der Waals surface area (Å²) < 4.78 is 0. The number of halogens is 1. The van der Waals surface area contributed by atoms with Crippen molar-refractivity contribution < 1.29 is 0 Å². The lowest BCUT2D eigenvalue weighted by Gasteiger charge is -2.36. The average Bonchev–Trinajstić information content (AvgIpc) is 2.74. The molecule has 1 aliphatic heterocycles. The SMILES string of the molecule is Clc1cccc2ccc(N3CCN(c4ncnc5ccccc45)CC3)nc12. The van der Waals surface area contributed by atoms with Crippen LogP contribution in [0.4, 0.5) is 11.6 Å². The van der Waals surface area contributed by atoms with Gasteiger partial charge in [-0.3, -0.25) is 0 Å². The minimum atomic E-state index is 0.695. The van der Waals surface area contributed by atoms with Crippen LogP contribution in [-0.4, -0.2) is 41.1 Å². The number of fused-ring (bicyclic) bond motifs is 2. The molecule has 0 spiro atoms. The minimum absolute atomic E-state index is 0.695. The number of hydrogen-bond donors (Lipinski definition) is 0. The molecule has 1 fully saturated rings. The number of nitrogens with zero attached hydrogens (tertiary/aromatic N) is 5. The van der Waals surface area contributed by atoms with Gasteiger partial charge >= 0.3 is 0 Å². The monoisotopic (exact) mass is 375 g/mol. The number of piperazine rings is 1. The molecule has 0 N–H and O–H groups in total. The summed E-state index contributed by atoms with van der Waals surface area (Å²) in [6, 6.07) is 18.2.